The van der Waals surface area contributed by atoms with Gasteiger partial charge in [-0.05, 0) is 13.0 Å². The van der Waals surface area contributed by atoms with Gasteiger partial charge in [-0.3, -0.25) is 4.79 Å². The number of nitrogens with zero attached hydrogens (tertiary/aromatic N) is 7. The van der Waals surface area contributed by atoms with Crippen LogP contribution in [-0.2, 0) is 11.2 Å². The number of pyridine rings is 1. The fraction of sp³-hybridized carbons (Fsp3) is 0.364. The van der Waals surface area contributed by atoms with Crippen molar-refractivity contribution in [2.45, 2.75) is 32.4 Å². The summed E-state index contributed by atoms with van der Waals surface area (Å²) in [6.45, 7) is 5.51. The molecule has 3 aromatic heterocycles. The zero-order valence-corrected chi connectivity index (χ0v) is 17.9. The van der Waals surface area contributed by atoms with E-state index in [1.165, 1.54) is 13.0 Å². The second kappa shape index (κ2) is 8.10. The summed E-state index contributed by atoms with van der Waals surface area (Å²) in [5.41, 5.74) is 2.70. The molecule has 1 N–H and O–H groups in total. The van der Waals surface area contributed by atoms with Gasteiger partial charge in [0.05, 0.1) is 17.8 Å². The maximum Gasteiger partial charge on any atom is 0.217 e. The van der Waals surface area contributed by atoms with Crippen molar-refractivity contribution in [2.24, 2.45) is 0 Å². The molecule has 1 atom stereocenters. The van der Waals surface area contributed by atoms with Crippen LogP contribution >= 0.6 is 0 Å². The van der Waals surface area contributed by atoms with Crippen molar-refractivity contribution in [2.75, 3.05) is 29.4 Å². The van der Waals surface area contributed by atoms with Crippen LogP contribution in [0.2, 0.25) is 0 Å². The predicted octanol–water partition coefficient (Wildman–Crippen LogP) is 1.92. The van der Waals surface area contributed by atoms with E-state index in [1.807, 2.05) is 17.9 Å². The summed E-state index contributed by atoms with van der Waals surface area (Å²) in [6.07, 6.45) is 5.82. The number of aromatic nitrogens is 5. The fourth-order valence-electron chi connectivity index (χ4n) is 4.27. The molecule has 1 saturated heterocycles. The number of rotatable bonds is 4. The highest BCUT2D eigenvalue weighted by Gasteiger charge is 2.31. The molecule has 0 radical (unpaired) electrons. The van der Waals surface area contributed by atoms with Gasteiger partial charge in [0.15, 0.2) is 11.6 Å². The minimum atomic E-state index is -0.522. The number of hydrogen-bond donors (Lipinski definition) is 1. The van der Waals surface area contributed by atoms with Gasteiger partial charge < -0.3 is 15.1 Å². The van der Waals surface area contributed by atoms with Crippen molar-refractivity contribution in [1.82, 2.24) is 30.2 Å². The van der Waals surface area contributed by atoms with Gasteiger partial charge in [-0.25, -0.2) is 24.9 Å². The van der Waals surface area contributed by atoms with Crippen LogP contribution in [0.3, 0.4) is 0 Å². The monoisotopic (exact) mass is 434 g/mol. The highest BCUT2D eigenvalue weighted by Crippen LogP contribution is 2.34. The molecule has 5 rings (SSSR count). The van der Waals surface area contributed by atoms with Crippen LogP contribution in [0.4, 0.5) is 15.9 Å². The summed E-state index contributed by atoms with van der Waals surface area (Å²) in [7, 11) is 0. The van der Waals surface area contributed by atoms with Crippen molar-refractivity contribution >= 4 is 17.4 Å². The number of amides is 1. The van der Waals surface area contributed by atoms with Gasteiger partial charge in [0.1, 0.15) is 5.82 Å². The molecular formula is C22H23FN8O. The molecule has 1 amide bonds. The zero-order chi connectivity index (χ0) is 22.2. The molecule has 0 aliphatic carbocycles. The van der Waals surface area contributed by atoms with Crippen molar-refractivity contribution in [3.8, 4) is 11.6 Å². The Hall–Kier alpha value is -3.69. The number of carbonyl (C=O) groups is 1. The van der Waals surface area contributed by atoms with E-state index in [2.05, 4.69) is 35.1 Å². The van der Waals surface area contributed by atoms with E-state index in [4.69, 9.17) is 0 Å². The van der Waals surface area contributed by atoms with E-state index in [9.17, 15) is 9.18 Å². The van der Waals surface area contributed by atoms with E-state index in [0.717, 1.165) is 16.9 Å². The van der Waals surface area contributed by atoms with E-state index in [0.29, 0.717) is 43.5 Å². The lowest BCUT2D eigenvalue weighted by molar-refractivity contribution is -0.119. The summed E-state index contributed by atoms with van der Waals surface area (Å²) < 4.78 is 14.4. The molecule has 0 aromatic carbocycles. The quantitative estimate of drug-likeness (QED) is 0.622. The van der Waals surface area contributed by atoms with Gasteiger partial charge in [0.2, 0.25) is 11.9 Å². The van der Waals surface area contributed by atoms with E-state index >= 15 is 0 Å². The van der Waals surface area contributed by atoms with Gasteiger partial charge in [0, 0.05) is 75.0 Å². The molecule has 164 valence electrons. The third kappa shape index (κ3) is 3.83. The van der Waals surface area contributed by atoms with E-state index in [-0.39, 0.29) is 18.0 Å². The first kappa shape index (κ1) is 20.2. The van der Waals surface area contributed by atoms with Gasteiger partial charge in [0.25, 0.3) is 0 Å². The normalized spacial score (nSPS) is 18.2. The van der Waals surface area contributed by atoms with Crippen molar-refractivity contribution in [3.63, 3.8) is 0 Å². The van der Waals surface area contributed by atoms with Crippen molar-refractivity contribution < 1.29 is 9.18 Å². The number of nitrogens with one attached hydrogen (secondary N) is 1. The summed E-state index contributed by atoms with van der Waals surface area (Å²) in [6, 6.07) is 5.12. The highest BCUT2D eigenvalue weighted by molar-refractivity contribution is 5.74. The lowest BCUT2D eigenvalue weighted by Gasteiger charge is -2.42. The standard InChI is InChI=1S/C22H23FN8O/c1-13-17-10-26-22(21-24-5-3-6-25-21)28-18(17)4-7-31(13)20-9-16(8-19(23)29-20)30-11-15(12-30)27-14(2)32/h3,5-6,8-10,13,15H,4,7,11-12H2,1-2H3,(H,27,32). The number of carbonyl (C=O) groups excluding carboxylic acids is 1. The molecule has 2 aliphatic heterocycles. The molecule has 1 unspecified atom stereocenters. The van der Waals surface area contributed by atoms with E-state index < -0.39 is 5.95 Å². The molecule has 2 aliphatic rings. The first-order valence-corrected chi connectivity index (χ1v) is 10.6. The molecule has 9 nitrogen and oxygen atoms in total. The predicted molar refractivity (Wildman–Crippen MR) is 117 cm³/mol. The average molecular weight is 434 g/mol. The third-order valence-corrected chi connectivity index (χ3v) is 5.89. The van der Waals surface area contributed by atoms with Crippen LogP contribution in [0.1, 0.15) is 31.1 Å². The molecule has 0 saturated carbocycles. The van der Waals surface area contributed by atoms with Crippen LogP contribution < -0.4 is 15.1 Å². The Kier molecular flexibility index (Phi) is 5.12. The van der Waals surface area contributed by atoms with Crippen molar-refractivity contribution in [1.29, 1.82) is 0 Å². The highest BCUT2D eigenvalue weighted by atomic mass is 19.1. The molecule has 0 bridgehead atoms. The van der Waals surface area contributed by atoms with Crippen LogP contribution in [0.25, 0.3) is 11.6 Å². The number of anilines is 2. The summed E-state index contributed by atoms with van der Waals surface area (Å²) in [5.74, 6) is 1.00. The van der Waals surface area contributed by atoms with Gasteiger partial charge in [-0.1, -0.05) is 0 Å². The largest absolute Gasteiger partial charge is 0.367 e. The zero-order valence-electron chi connectivity index (χ0n) is 17.9. The van der Waals surface area contributed by atoms with Crippen LogP contribution in [-0.4, -0.2) is 56.5 Å². The number of hydrogen-bond acceptors (Lipinski definition) is 8. The first-order valence-electron chi connectivity index (χ1n) is 10.6. The first-order chi connectivity index (χ1) is 15.5. The minimum Gasteiger partial charge on any atom is -0.367 e. The Bertz CT molecular complexity index is 1150. The fourth-order valence-corrected chi connectivity index (χ4v) is 4.27. The topological polar surface area (TPSA) is 100 Å². The minimum absolute atomic E-state index is 0.0544. The number of halogens is 1. The maximum absolute atomic E-state index is 14.4. The van der Waals surface area contributed by atoms with Gasteiger partial charge in [-0.15, -0.1) is 0 Å². The van der Waals surface area contributed by atoms with E-state index in [1.54, 1.807) is 24.7 Å². The van der Waals surface area contributed by atoms with Gasteiger partial charge >= 0.3 is 0 Å². The Morgan fingerprint density at radius 3 is 2.66 bits per heavy atom. The smallest absolute Gasteiger partial charge is 0.217 e. The maximum atomic E-state index is 14.4. The molecule has 5 heterocycles. The van der Waals surface area contributed by atoms with Crippen LogP contribution in [0, 0.1) is 5.95 Å². The average Bonchev–Trinajstić information content (AvgIpc) is 2.76. The Morgan fingerprint density at radius 2 is 1.91 bits per heavy atom. The number of fused-ring (bicyclic) bond motifs is 1. The molecule has 32 heavy (non-hydrogen) atoms. The Morgan fingerprint density at radius 1 is 1.12 bits per heavy atom. The lowest BCUT2D eigenvalue weighted by Crippen LogP contribution is -2.59. The Balaban J connectivity index is 1.37. The van der Waals surface area contributed by atoms with Crippen molar-refractivity contribution in [3.05, 3.63) is 54.0 Å². The Labute approximate surface area is 184 Å². The summed E-state index contributed by atoms with van der Waals surface area (Å²) in [4.78, 5) is 37.1. The molecule has 0 spiro atoms. The molecule has 10 heteroatoms. The van der Waals surface area contributed by atoms with Gasteiger partial charge in [-0.2, -0.15) is 4.39 Å². The third-order valence-electron chi connectivity index (χ3n) is 5.89. The summed E-state index contributed by atoms with van der Waals surface area (Å²) >= 11 is 0. The van der Waals surface area contributed by atoms with Crippen LogP contribution in [0.15, 0.2) is 36.8 Å². The molecular weight excluding hydrogens is 411 g/mol. The summed E-state index contributed by atoms with van der Waals surface area (Å²) in [5, 5.41) is 2.88. The lowest BCUT2D eigenvalue weighted by atomic mass is 9.99. The second-order valence-corrected chi connectivity index (χ2v) is 8.10. The molecule has 1 fully saturated rings. The second-order valence-electron chi connectivity index (χ2n) is 8.10. The van der Waals surface area contributed by atoms with Crippen LogP contribution in [0.5, 0.6) is 0 Å². The SMILES string of the molecule is CC(=O)NC1CN(c2cc(F)nc(N3CCc4nc(-c5ncccn5)ncc4C3C)c2)C1. The molecule has 3 aromatic rings.